The smallest absolute Gasteiger partial charge is 0.508 e. The molecule has 0 fully saturated rings. The summed E-state index contributed by atoms with van der Waals surface area (Å²) >= 11 is 0. The second-order valence-electron chi connectivity index (χ2n) is 2.64. The molecule has 1 aromatic rings. The summed E-state index contributed by atoms with van der Waals surface area (Å²) in [5, 5.41) is 27.4. The first-order chi connectivity index (χ1) is 6.06. The molecule has 0 radical (unpaired) electrons. The predicted molar refractivity (Wildman–Crippen MR) is 46.1 cm³/mol. The van der Waals surface area contributed by atoms with Crippen molar-refractivity contribution in [3.05, 3.63) is 17.7 Å². The molecule has 4 nitrogen and oxygen atoms in total. The standard InChI is InChI=1S/C9H10O4.K/c1-2-6(11)9-7(12)3-5(10)4-8(9)13;/h3-4,10,12-13H,2H2,1H3;/q;+1. The topological polar surface area (TPSA) is 77.8 Å². The molecule has 0 atom stereocenters. The van der Waals surface area contributed by atoms with E-state index in [0.717, 1.165) is 12.1 Å². The van der Waals surface area contributed by atoms with E-state index < -0.39 is 11.5 Å². The van der Waals surface area contributed by atoms with E-state index in [2.05, 4.69) is 0 Å². The minimum atomic E-state index is -0.399. The van der Waals surface area contributed by atoms with Crippen molar-refractivity contribution in [2.45, 2.75) is 13.3 Å². The van der Waals surface area contributed by atoms with E-state index in [4.69, 9.17) is 5.11 Å². The average Bonchev–Trinajstić information content (AvgIpc) is 2.02. The zero-order valence-corrected chi connectivity index (χ0v) is 11.2. The molecule has 0 bridgehead atoms. The van der Waals surface area contributed by atoms with Crippen LogP contribution in [0.15, 0.2) is 12.1 Å². The van der Waals surface area contributed by atoms with Gasteiger partial charge in [0, 0.05) is 18.6 Å². The summed E-state index contributed by atoms with van der Waals surface area (Å²) in [7, 11) is 0. The van der Waals surface area contributed by atoms with E-state index in [1.54, 1.807) is 6.92 Å². The van der Waals surface area contributed by atoms with Crippen molar-refractivity contribution in [2.24, 2.45) is 0 Å². The summed E-state index contributed by atoms with van der Waals surface area (Å²) in [4.78, 5) is 11.2. The van der Waals surface area contributed by atoms with Crippen LogP contribution in [0.5, 0.6) is 17.2 Å². The first-order valence-corrected chi connectivity index (χ1v) is 3.84. The number of phenols is 3. The second-order valence-corrected chi connectivity index (χ2v) is 2.64. The van der Waals surface area contributed by atoms with Crippen LogP contribution in [0.3, 0.4) is 0 Å². The maximum absolute atomic E-state index is 11.2. The molecule has 0 heterocycles. The molecule has 0 aliphatic carbocycles. The number of rotatable bonds is 2. The average molecular weight is 221 g/mol. The molecule has 14 heavy (non-hydrogen) atoms. The molecular weight excluding hydrogens is 211 g/mol. The van der Waals surface area contributed by atoms with Gasteiger partial charge in [0.15, 0.2) is 5.78 Å². The molecule has 0 aliphatic heterocycles. The molecule has 0 amide bonds. The maximum atomic E-state index is 11.2. The fraction of sp³-hybridized carbons (Fsp3) is 0.222. The Hall–Kier alpha value is -0.0736. The van der Waals surface area contributed by atoms with Crippen molar-refractivity contribution in [1.29, 1.82) is 0 Å². The fourth-order valence-electron chi connectivity index (χ4n) is 1.06. The minimum Gasteiger partial charge on any atom is -0.508 e. The molecule has 0 saturated carbocycles. The van der Waals surface area contributed by atoms with Crippen LogP contribution < -0.4 is 51.4 Å². The number of phenolic OH excluding ortho intramolecular Hbond substituents is 3. The number of aromatic hydroxyl groups is 3. The van der Waals surface area contributed by atoms with Gasteiger partial charge >= 0.3 is 51.4 Å². The summed E-state index contributed by atoms with van der Waals surface area (Å²) in [6.07, 6.45) is 0.186. The van der Waals surface area contributed by atoms with Crippen LogP contribution in [-0.4, -0.2) is 21.1 Å². The van der Waals surface area contributed by atoms with Crippen LogP contribution in [0.4, 0.5) is 0 Å². The first kappa shape index (κ1) is 13.9. The number of carbonyl (C=O) groups is 1. The third-order valence-electron chi connectivity index (χ3n) is 1.68. The Balaban J connectivity index is 0.00000169. The first-order valence-electron chi connectivity index (χ1n) is 3.84. The van der Waals surface area contributed by atoms with Crippen molar-refractivity contribution in [3.8, 4) is 17.2 Å². The molecule has 0 aliphatic rings. The Morgan fingerprint density at radius 1 is 1.21 bits per heavy atom. The van der Waals surface area contributed by atoms with Gasteiger partial charge in [-0.3, -0.25) is 4.79 Å². The Bertz CT molecular complexity index is 326. The number of benzene rings is 1. The van der Waals surface area contributed by atoms with Crippen LogP contribution in [0.2, 0.25) is 0 Å². The normalized spacial score (nSPS) is 9.21. The van der Waals surface area contributed by atoms with Crippen LogP contribution >= 0.6 is 0 Å². The van der Waals surface area contributed by atoms with Crippen molar-refractivity contribution >= 4 is 5.78 Å². The summed E-state index contributed by atoms with van der Waals surface area (Å²) in [6.45, 7) is 1.62. The zero-order valence-electron chi connectivity index (χ0n) is 8.11. The number of hydrogen-bond acceptors (Lipinski definition) is 4. The molecule has 0 aromatic heterocycles. The van der Waals surface area contributed by atoms with Gasteiger partial charge in [-0.15, -0.1) is 0 Å². The van der Waals surface area contributed by atoms with Gasteiger partial charge in [-0.25, -0.2) is 0 Å². The largest absolute Gasteiger partial charge is 1.00 e. The van der Waals surface area contributed by atoms with E-state index >= 15 is 0 Å². The maximum Gasteiger partial charge on any atom is 1.00 e. The van der Waals surface area contributed by atoms with E-state index in [0.29, 0.717) is 0 Å². The van der Waals surface area contributed by atoms with Crippen molar-refractivity contribution in [2.75, 3.05) is 0 Å². The van der Waals surface area contributed by atoms with E-state index in [9.17, 15) is 15.0 Å². The summed E-state index contributed by atoms with van der Waals surface area (Å²) in [5.41, 5.74) is -0.139. The van der Waals surface area contributed by atoms with Gasteiger partial charge in [0.2, 0.25) is 0 Å². The SMILES string of the molecule is CCC(=O)c1c(O)cc(O)cc1O.[K+]. The van der Waals surface area contributed by atoms with Crippen molar-refractivity contribution in [1.82, 2.24) is 0 Å². The third-order valence-corrected chi connectivity index (χ3v) is 1.68. The molecule has 0 unspecified atom stereocenters. The molecule has 70 valence electrons. The van der Waals surface area contributed by atoms with E-state index in [1.165, 1.54) is 0 Å². The van der Waals surface area contributed by atoms with Gasteiger partial charge in [-0.05, 0) is 0 Å². The van der Waals surface area contributed by atoms with Crippen molar-refractivity contribution < 1.29 is 71.5 Å². The zero-order chi connectivity index (χ0) is 10.0. The van der Waals surface area contributed by atoms with Crippen LogP contribution in [-0.2, 0) is 0 Å². The summed E-state index contributed by atoms with van der Waals surface area (Å²) in [5.74, 6) is -1.44. The van der Waals surface area contributed by atoms with Crippen molar-refractivity contribution in [3.63, 3.8) is 0 Å². The van der Waals surface area contributed by atoms with Crippen LogP contribution in [0.1, 0.15) is 23.7 Å². The Morgan fingerprint density at radius 2 is 1.64 bits per heavy atom. The van der Waals surface area contributed by atoms with Crippen LogP contribution in [0.25, 0.3) is 0 Å². The Kier molecular flexibility index (Phi) is 5.69. The number of hydrogen-bond donors (Lipinski definition) is 3. The predicted octanol–water partition coefficient (Wildman–Crippen LogP) is -1.60. The van der Waals surface area contributed by atoms with E-state index in [1.807, 2.05) is 0 Å². The third kappa shape index (κ3) is 2.96. The van der Waals surface area contributed by atoms with Crippen LogP contribution in [0, 0.1) is 0 Å². The van der Waals surface area contributed by atoms with Gasteiger partial charge < -0.3 is 15.3 Å². The molecule has 5 heteroatoms. The number of carbonyl (C=O) groups excluding carboxylic acids is 1. The van der Waals surface area contributed by atoms with E-state index in [-0.39, 0.29) is 74.9 Å². The second kappa shape index (κ2) is 5.72. The van der Waals surface area contributed by atoms with Gasteiger partial charge in [-0.2, -0.15) is 0 Å². The number of Topliss-reactive ketones (excluding diaryl/α,β-unsaturated/α-hetero) is 1. The Morgan fingerprint density at radius 3 is 2.00 bits per heavy atom. The van der Waals surface area contributed by atoms with Gasteiger partial charge in [0.05, 0.1) is 0 Å². The van der Waals surface area contributed by atoms with Gasteiger partial charge in [0.25, 0.3) is 0 Å². The number of ketones is 1. The molecule has 0 spiro atoms. The summed E-state index contributed by atoms with van der Waals surface area (Å²) < 4.78 is 0. The molecule has 1 rings (SSSR count). The molecule has 0 saturated heterocycles. The van der Waals surface area contributed by atoms with Gasteiger partial charge in [0.1, 0.15) is 22.8 Å². The fourth-order valence-corrected chi connectivity index (χ4v) is 1.06. The minimum absolute atomic E-state index is 0. The summed E-state index contributed by atoms with van der Waals surface area (Å²) in [6, 6.07) is 2.03. The molecule has 3 N–H and O–H groups in total. The monoisotopic (exact) mass is 221 g/mol. The quantitative estimate of drug-likeness (QED) is 0.415. The Labute approximate surface area is 124 Å². The van der Waals surface area contributed by atoms with Gasteiger partial charge in [-0.1, -0.05) is 6.92 Å². The molecular formula is C9H10KO4+. The molecule has 1 aromatic carbocycles.